The van der Waals surface area contributed by atoms with Crippen molar-refractivity contribution < 1.29 is 5.11 Å². The fourth-order valence-electron chi connectivity index (χ4n) is 1.64. The number of thioether (sulfide) groups is 1. The second kappa shape index (κ2) is 5.63. The lowest BCUT2D eigenvalue weighted by molar-refractivity contribution is 0.475. The molecule has 2 aromatic rings. The summed E-state index contributed by atoms with van der Waals surface area (Å²) in [5.74, 6) is 0.278. The highest BCUT2D eigenvalue weighted by Crippen LogP contribution is 2.35. The summed E-state index contributed by atoms with van der Waals surface area (Å²) >= 11 is 7.42. The third-order valence-electron chi connectivity index (χ3n) is 2.36. The van der Waals surface area contributed by atoms with Crippen LogP contribution in [0.25, 0.3) is 11.1 Å². The van der Waals surface area contributed by atoms with Crippen molar-refractivity contribution in [1.29, 1.82) is 0 Å². The largest absolute Gasteiger partial charge is 0.508 e. The van der Waals surface area contributed by atoms with E-state index in [4.69, 9.17) is 0 Å². The van der Waals surface area contributed by atoms with Gasteiger partial charge in [0.05, 0.1) is 0 Å². The third kappa shape index (κ3) is 3.17. The van der Waals surface area contributed by atoms with Crippen LogP contribution in [0.5, 0.6) is 5.75 Å². The van der Waals surface area contributed by atoms with Gasteiger partial charge in [-0.15, -0.1) is 11.8 Å². The second-order valence-corrected chi connectivity index (χ2v) is 6.55. The molecule has 0 saturated carbocycles. The quantitative estimate of drug-likeness (QED) is 0.535. The Balaban J connectivity index is 2.62. The summed E-state index contributed by atoms with van der Waals surface area (Å²) < 4.78 is 2.08. The van der Waals surface area contributed by atoms with Crippen molar-refractivity contribution in [1.82, 2.24) is 0 Å². The Morgan fingerprint density at radius 2 is 1.94 bits per heavy atom. The fraction of sp³-hybridized carbons (Fsp3) is 0.0769. The Kier molecular flexibility index (Phi) is 4.38. The van der Waals surface area contributed by atoms with E-state index in [2.05, 4.69) is 63.0 Å². The van der Waals surface area contributed by atoms with Crippen LogP contribution in [-0.2, 0) is 0 Å². The number of phenols is 1. The Morgan fingerprint density at radius 1 is 1.18 bits per heavy atom. The molecule has 0 aliphatic heterocycles. The molecule has 4 heteroatoms. The van der Waals surface area contributed by atoms with Crippen LogP contribution in [-0.4, -0.2) is 11.4 Å². The summed E-state index contributed by atoms with van der Waals surface area (Å²) in [5, 5.41) is 9.65. The van der Waals surface area contributed by atoms with Gasteiger partial charge in [0.1, 0.15) is 5.75 Å². The number of halogens is 2. The van der Waals surface area contributed by atoms with Crippen LogP contribution in [0.3, 0.4) is 0 Å². The molecule has 0 bridgehead atoms. The monoisotopic (exact) mass is 420 g/mol. The molecule has 0 radical (unpaired) electrons. The topological polar surface area (TPSA) is 20.2 Å². The SMILES string of the molecule is CSc1ccc(I)cc1-c1cc(O)cc(Br)c1. The van der Waals surface area contributed by atoms with E-state index in [1.807, 2.05) is 6.07 Å². The molecule has 0 spiro atoms. The summed E-state index contributed by atoms with van der Waals surface area (Å²) in [6.07, 6.45) is 2.06. The summed E-state index contributed by atoms with van der Waals surface area (Å²) in [6.45, 7) is 0. The molecule has 2 aromatic carbocycles. The average Bonchev–Trinajstić information content (AvgIpc) is 2.27. The van der Waals surface area contributed by atoms with Crippen molar-refractivity contribution in [2.24, 2.45) is 0 Å². The zero-order valence-electron chi connectivity index (χ0n) is 9.08. The highest BCUT2D eigenvalue weighted by molar-refractivity contribution is 14.1. The molecule has 0 aromatic heterocycles. The van der Waals surface area contributed by atoms with Gasteiger partial charge in [0, 0.05) is 12.9 Å². The number of phenolic OH excluding ortho intramolecular Hbond substituents is 1. The molecule has 0 aliphatic rings. The van der Waals surface area contributed by atoms with Crippen LogP contribution < -0.4 is 0 Å². The predicted octanol–water partition coefficient (Wildman–Crippen LogP) is 5.15. The summed E-state index contributed by atoms with van der Waals surface area (Å²) in [6, 6.07) is 11.8. The lowest BCUT2D eigenvalue weighted by atomic mass is 10.1. The Bertz CT molecular complexity index is 537. The van der Waals surface area contributed by atoms with Crippen LogP contribution in [0.4, 0.5) is 0 Å². The van der Waals surface area contributed by atoms with Gasteiger partial charge in [-0.3, -0.25) is 0 Å². The number of rotatable bonds is 2. The van der Waals surface area contributed by atoms with E-state index in [1.54, 1.807) is 23.9 Å². The molecular formula is C13H10BrIOS. The van der Waals surface area contributed by atoms with E-state index in [-0.39, 0.29) is 5.75 Å². The highest BCUT2D eigenvalue weighted by Gasteiger charge is 2.07. The van der Waals surface area contributed by atoms with Gasteiger partial charge in [-0.2, -0.15) is 0 Å². The smallest absolute Gasteiger partial charge is 0.117 e. The van der Waals surface area contributed by atoms with E-state index in [0.717, 1.165) is 15.6 Å². The Morgan fingerprint density at radius 3 is 2.59 bits per heavy atom. The first-order valence-electron chi connectivity index (χ1n) is 4.93. The standard InChI is InChI=1S/C13H10BrIOS/c1-17-13-3-2-10(15)7-12(13)8-4-9(14)6-11(16)5-8/h2-7,16H,1H3. The van der Waals surface area contributed by atoms with Gasteiger partial charge in [-0.05, 0) is 76.4 Å². The lowest BCUT2D eigenvalue weighted by Crippen LogP contribution is -1.84. The first-order chi connectivity index (χ1) is 8.10. The molecule has 0 unspecified atom stereocenters. The molecule has 0 heterocycles. The van der Waals surface area contributed by atoms with Crippen LogP contribution in [0.15, 0.2) is 45.8 Å². The van der Waals surface area contributed by atoms with Gasteiger partial charge in [-0.25, -0.2) is 0 Å². The molecule has 0 saturated heterocycles. The van der Waals surface area contributed by atoms with E-state index in [0.29, 0.717) is 0 Å². The molecule has 1 nitrogen and oxygen atoms in total. The minimum Gasteiger partial charge on any atom is -0.508 e. The fourth-order valence-corrected chi connectivity index (χ4v) is 3.21. The zero-order valence-corrected chi connectivity index (χ0v) is 13.6. The summed E-state index contributed by atoms with van der Waals surface area (Å²) in [4.78, 5) is 1.21. The Hall–Kier alpha value is -0.200. The molecule has 0 atom stereocenters. The number of hydrogen-bond acceptors (Lipinski definition) is 2. The molecular weight excluding hydrogens is 411 g/mol. The van der Waals surface area contributed by atoms with Gasteiger partial charge < -0.3 is 5.11 Å². The van der Waals surface area contributed by atoms with Crippen LogP contribution in [0.1, 0.15) is 0 Å². The lowest BCUT2D eigenvalue weighted by Gasteiger charge is -2.09. The van der Waals surface area contributed by atoms with Gasteiger partial charge in [0.15, 0.2) is 0 Å². The maximum Gasteiger partial charge on any atom is 0.117 e. The van der Waals surface area contributed by atoms with E-state index in [1.165, 1.54) is 8.47 Å². The minimum absolute atomic E-state index is 0.278. The molecule has 1 N–H and O–H groups in total. The highest BCUT2D eigenvalue weighted by atomic mass is 127. The van der Waals surface area contributed by atoms with Gasteiger partial charge in [0.25, 0.3) is 0 Å². The maximum absolute atomic E-state index is 9.65. The zero-order chi connectivity index (χ0) is 12.4. The predicted molar refractivity (Wildman–Crippen MR) is 85.7 cm³/mol. The van der Waals surface area contributed by atoms with Crippen LogP contribution in [0.2, 0.25) is 0 Å². The number of aromatic hydroxyl groups is 1. The number of benzene rings is 2. The number of hydrogen-bond donors (Lipinski definition) is 1. The maximum atomic E-state index is 9.65. The van der Waals surface area contributed by atoms with Crippen molar-refractivity contribution in [3.8, 4) is 16.9 Å². The molecule has 88 valence electrons. The normalized spacial score (nSPS) is 10.5. The first kappa shape index (κ1) is 13.2. The van der Waals surface area contributed by atoms with E-state index < -0.39 is 0 Å². The van der Waals surface area contributed by atoms with Crippen molar-refractivity contribution in [3.63, 3.8) is 0 Å². The van der Waals surface area contributed by atoms with Gasteiger partial charge >= 0.3 is 0 Å². The van der Waals surface area contributed by atoms with Crippen molar-refractivity contribution in [2.45, 2.75) is 4.90 Å². The summed E-state index contributed by atoms with van der Waals surface area (Å²) in [5.41, 5.74) is 2.18. The minimum atomic E-state index is 0.278. The van der Waals surface area contributed by atoms with Crippen molar-refractivity contribution in [2.75, 3.05) is 6.26 Å². The van der Waals surface area contributed by atoms with Crippen LogP contribution >= 0.6 is 50.3 Å². The van der Waals surface area contributed by atoms with Gasteiger partial charge in [-0.1, -0.05) is 15.9 Å². The second-order valence-electron chi connectivity index (χ2n) is 3.54. The molecule has 2 rings (SSSR count). The summed E-state index contributed by atoms with van der Waals surface area (Å²) in [7, 11) is 0. The third-order valence-corrected chi connectivity index (χ3v) is 4.28. The van der Waals surface area contributed by atoms with E-state index in [9.17, 15) is 5.11 Å². The Labute approximate surface area is 127 Å². The van der Waals surface area contributed by atoms with Crippen molar-refractivity contribution in [3.05, 3.63) is 44.4 Å². The van der Waals surface area contributed by atoms with E-state index >= 15 is 0 Å². The molecule has 0 amide bonds. The molecule has 0 fully saturated rings. The molecule has 17 heavy (non-hydrogen) atoms. The van der Waals surface area contributed by atoms with Gasteiger partial charge in [0.2, 0.25) is 0 Å². The van der Waals surface area contributed by atoms with Crippen LogP contribution in [0, 0.1) is 3.57 Å². The first-order valence-corrected chi connectivity index (χ1v) is 8.03. The molecule has 0 aliphatic carbocycles. The average molecular weight is 421 g/mol. The van der Waals surface area contributed by atoms with Crippen molar-refractivity contribution >= 4 is 50.3 Å².